The Bertz CT molecular complexity index is 950. The first-order valence-electron chi connectivity index (χ1n) is 10.2. The highest BCUT2D eigenvalue weighted by Crippen LogP contribution is 2.27. The summed E-state index contributed by atoms with van der Waals surface area (Å²) in [4.78, 5) is 37.7. The Morgan fingerprint density at radius 1 is 1.27 bits per heavy atom. The van der Waals surface area contributed by atoms with Crippen LogP contribution in [-0.2, 0) is 16.0 Å². The number of hydrogen-bond acceptors (Lipinski definition) is 5. The van der Waals surface area contributed by atoms with Gasteiger partial charge in [-0.3, -0.25) is 14.4 Å². The highest BCUT2D eigenvalue weighted by molar-refractivity contribution is 5.96. The minimum Gasteiger partial charge on any atom is -0.386 e. The van der Waals surface area contributed by atoms with Gasteiger partial charge in [-0.25, -0.2) is 4.39 Å². The number of halogens is 1. The van der Waals surface area contributed by atoms with Gasteiger partial charge in [-0.1, -0.05) is 6.07 Å². The molecule has 3 amide bonds. The molecule has 0 radical (unpaired) electrons. The number of carbonyl (C=O) groups is 3. The van der Waals surface area contributed by atoms with E-state index in [-0.39, 0.29) is 29.3 Å². The molecule has 1 fully saturated rings. The van der Waals surface area contributed by atoms with Crippen molar-refractivity contribution in [3.05, 3.63) is 46.4 Å². The van der Waals surface area contributed by atoms with Gasteiger partial charge in [-0.2, -0.15) is 5.11 Å². The minimum absolute atomic E-state index is 0.000319. The number of piperidine rings is 1. The van der Waals surface area contributed by atoms with E-state index in [0.29, 0.717) is 44.3 Å². The summed E-state index contributed by atoms with van der Waals surface area (Å²) >= 11 is 0. The summed E-state index contributed by atoms with van der Waals surface area (Å²) in [7, 11) is 0. The molecule has 1 unspecified atom stereocenters. The molecule has 4 rings (SSSR count). The molecule has 0 aromatic heterocycles. The van der Waals surface area contributed by atoms with Crippen molar-refractivity contribution in [1.82, 2.24) is 10.2 Å². The standard InChI is InChI=1S/C21H24FN5O3/c22-16-4-3-12(11-17-18-14(2-1-7-24-18)20(29)26-25-17)10-15(16)21(30)27-8-5-13(6-9-27)19(23)28/h3-4,10,13,17,24H,1-2,5-9,11H2,(H2,23,28). The summed E-state index contributed by atoms with van der Waals surface area (Å²) < 4.78 is 14.4. The Hall–Kier alpha value is -3.10. The molecule has 8 nitrogen and oxygen atoms in total. The molecular weight excluding hydrogens is 389 g/mol. The van der Waals surface area contributed by atoms with E-state index in [1.807, 2.05) is 0 Å². The number of likely N-dealkylation sites (tertiary alicyclic amines) is 1. The maximum Gasteiger partial charge on any atom is 0.292 e. The van der Waals surface area contributed by atoms with Crippen LogP contribution in [0, 0.1) is 11.7 Å². The van der Waals surface area contributed by atoms with Gasteiger partial charge in [-0.15, -0.1) is 5.11 Å². The van der Waals surface area contributed by atoms with E-state index in [1.165, 1.54) is 6.07 Å². The molecule has 1 saturated heterocycles. The summed E-state index contributed by atoms with van der Waals surface area (Å²) in [5, 5.41) is 11.1. The van der Waals surface area contributed by atoms with E-state index >= 15 is 0 Å². The lowest BCUT2D eigenvalue weighted by Gasteiger charge is -2.31. The van der Waals surface area contributed by atoms with E-state index in [2.05, 4.69) is 15.5 Å². The summed E-state index contributed by atoms with van der Waals surface area (Å²) in [5.41, 5.74) is 7.53. The van der Waals surface area contributed by atoms with Crippen molar-refractivity contribution >= 4 is 17.7 Å². The molecule has 30 heavy (non-hydrogen) atoms. The SMILES string of the molecule is NC(=O)C1CCN(C(=O)c2cc(CC3N=NC(=O)C4=C3NCCC4)ccc2F)CC1. The predicted octanol–water partition coefficient (Wildman–Crippen LogP) is 1.70. The number of nitrogens with one attached hydrogen (secondary N) is 1. The van der Waals surface area contributed by atoms with E-state index in [9.17, 15) is 18.8 Å². The first-order chi connectivity index (χ1) is 14.4. The van der Waals surface area contributed by atoms with Crippen LogP contribution in [0.3, 0.4) is 0 Å². The Morgan fingerprint density at radius 3 is 2.77 bits per heavy atom. The van der Waals surface area contributed by atoms with Crippen molar-refractivity contribution in [2.75, 3.05) is 19.6 Å². The second-order valence-corrected chi connectivity index (χ2v) is 7.95. The Morgan fingerprint density at radius 2 is 2.03 bits per heavy atom. The molecule has 0 saturated carbocycles. The molecule has 3 N–H and O–H groups in total. The number of azo groups is 1. The zero-order valence-electron chi connectivity index (χ0n) is 16.6. The molecule has 3 aliphatic rings. The first-order valence-corrected chi connectivity index (χ1v) is 10.2. The lowest BCUT2D eigenvalue weighted by atomic mass is 9.93. The van der Waals surface area contributed by atoms with Crippen LogP contribution in [0.25, 0.3) is 0 Å². The highest BCUT2D eigenvalue weighted by Gasteiger charge is 2.30. The third-order valence-corrected chi connectivity index (χ3v) is 6.00. The third-order valence-electron chi connectivity index (χ3n) is 6.00. The van der Waals surface area contributed by atoms with Gasteiger partial charge in [-0.05, 0) is 43.4 Å². The molecule has 9 heteroatoms. The predicted molar refractivity (Wildman–Crippen MR) is 106 cm³/mol. The minimum atomic E-state index is -0.586. The van der Waals surface area contributed by atoms with Crippen molar-refractivity contribution in [3.63, 3.8) is 0 Å². The molecule has 1 aromatic rings. The summed E-state index contributed by atoms with van der Waals surface area (Å²) in [5.74, 6) is -1.89. The highest BCUT2D eigenvalue weighted by atomic mass is 19.1. The molecular formula is C21H24FN5O3. The first kappa shape index (κ1) is 20.2. The average Bonchev–Trinajstić information content (AvgIpc) is 2.76. The fourth-order valence-electron chi connectivity index (χ4n) is 4.28. The maximum absolute atomic E-state index is 14.4. The van der Waals surface area contributed by atoms with Gasteiger partial charge in [0.15, 0.2) is 0 Å². The zero-order valence-corrected chi connectivity index (χ0v) is 16.6. The van der Waals surface area contributed by atoms with Crippen LogP contribution in [0.1, 0.15) is 41.6 Å². The van der Waals surface area contributed by atoms with Crippen LogP contribution in [0.5, 0.6) is 0 Å². The van der Waals surface area contributed by atoms with Crippen LogP contribution in [0.2, 0.25) is 0 Å². The van der Waals surface area contributed by atoms with E-state index in [0.717, 1.165) is 24.2 Å². The Balaban J connectivity index is 1.50. The van der Waals surface area contributed by atoms with E-state index < -0.39 is 11.7 Å². The van der Waals surface area contributed by atoms with Gasteiger partial charge in [0.25, 0.3) is 11.8 Å². The fourth-order valence-corrected chi connectivity index (χ4v) is 4.28. The quantitative estimate of drug-likeness (QED) is 0.781. The van der Waals surface area contributed by atoms with Crippen molar-refractivity contribution in [2.45, 2.75) is 38.1 Å². The number of hydrogen-bond donors (Lipinski definition) is 2. The topological polar surface area (TPSA) is 117 Å². The second kappa shape index (κ2) is 8.33. The number of nitrogens with zero attached hydrogens (tertiary/aromatic N) is 3. The number of benzene rings is 1. The number of amides is 3. The van der Waals surface area contributed by atoms with Crippen LogP contribution in [0.15, 0.2) is 39.7 Å². The van der Waals surface area contributed by atoms with Gasteiger partial charge in [0, 0.05) is 43.2 Å². The van der Waals surface area contributed by atoms with E-state index in [1.54, 1.807) is 17.0 Å². The van der Waals surface area contributed by atoms with Crippen molar-refractivity contribution in [1.29, 1.82) is 0 Å². The summed E-state index contributed by atoms with van der Waals surface area (Å²) in [6, 6.07) is 4.11. The number of rotatable bonds is 4. The largest absolute Gasteiger partial charge is 0.386 e. The molecule has 3 heterocycles. The average molecular weight is 413 g/mol. The van der Waals surface area contributed by atoms with Crippen LogP contribution in [-0.4, -0.2) is 48.3 Å². The lowest BCUT2D eigenvalue weighted by Crippen LogP contribution is -2.42. The van der Waals surface area contributed by atoms with Crippen LogP contribution < -0.4 is 11.1 Å². The number of primary amides is 1. The monoisotopic (exact) mass is 413 g/mol. The Labute approximate surface area is 173 Å². The molecule has 0 aliphatic carbocycles. The second-order valence-electron chi connectivity index (χ2n) is 7.95. The fraction of sp³-hybridized carbons (Fsp3) is 0.476. The van der Waals surface area contributed by atoms with Crippen LogP contribution in [0.4, 0.5) is 4.39 Å². The normalized spacial score (nSPS) is 22.0. The molecule has 158 valence electrons. The van der Waals surface area contributed by atoms with Crippen LogP contribution >= 0.6 is 0 Å². The third kappa shape index (κ3) is 3.96. The maximum atomic E-state index is 14.4. The summed E-state index contributed by atoms with van der Waals surface area (Å²) in [6.07, 6.45) is 2.93. The zero-order chi connectivity index (χ0) is 21.3. The van der Waals surface area contributed by atoms with Gasteiger partial charge in [0.1, 0.15) is 11.9 Å². The van der Waals surface area contributed by atoms with E-state index in [4.69, 9.17) is 5.73 Å². The van der Waals surface area contributed by atoms with Gasteiger partial charge < -0.3 is 16.0 Å². The molecule has 0 spiro atoms. The molecule has 0 bridgehead atoms. The van der Waals surface area contributed by atoms with Gasteiger partial charge in [0.2, 0.25) is 5.91 Å². The number of carbonyl (C=O) groups excluding carboxylic acids is 3. The lowest BCUT2D eigenvalue weighted by molar-refractivity contribution is -0.123. The Kier molecular flexibility index (Phi) is 5.61. The van der Waals surface area contributed by atoms with Crippen molar-refractivity contribution < 1.29 is 18.8 Å². The van der Waals surface area contributed by atoms with Crippen molar-refractivity contribution in [2.24, 2.45) is 21.9 Å². The molecule has 1 aromatic carbocycles. The molecule has 1 atom stereocenters. The molecule has 3 aliphatic heterocycles. The van der Waals surface area contributed by atoms with Gasteiger partial charge in [0.05, 0.1) is 5.56 Å². The summed E-state index contributed by atoms with van der Waals surface area (Å²) in [6.45, 7) is 1.51. The smallest absolute Gasteiger partial charge is 0.292 e. The van der Waals surface area contributed by atoms with Gasteiger partial charge >= 0.3 is 0 Å². The van der Waals surface area contributed by atoms with Crippen molar-refractivity contribution in [3.8, 4) is 0 Å². The number of nitrogens with two attached hydrogens (primary N) is 1.